The van der Waals surface area contributed by atoms with E-state index in [1.165, 1.54) is 36.4 Å². The number of rotatable bonds is 5. The lowest BCUT2D eigenvalue weighted by Crippen LogP contribution is -2.55. The quantitative estimate of drug-likeness (QED) is 0.614. The molecule has 10 heteroatoms. The van der Waals surface area contributed by atoms with Crippen LogP contribution >= 0.6 is 0 Å². The van der Waals surface area contributed by atoms with E-state index in [1.54, 1.807) is 5.32 Å². The van der Waals surface area contributed by atoms with Gasteiger partial charge >= 0.3 is 18.8 Å². The molecule has 3 amide bonds. The van der Waals surface area contributed by atoms with Crippen LogP contribution in [-0.4, -0.2) is 29.6 Å². The average molecular weight is 400 g/mol. The number of carbonyl (C=O) groups is 2. The number of urea groups is 1. The molecule has 2 aromatic carbocycles. The number of ether oxygens (including phenoxy) is 1. The molecular formula is C18H13F5N2O3. The van der Waals surface area contributed by atoms with Gasteiger partial charge in [-0.1, -0.05) is 42.5 Å². The van der Waals surface area contributed by atoms with Crippen LogP contribution in [0.15, 0.2) is 54.6 Å². The first-order chi connectivity index (χ1) is 13.1. The Balaban J connectivity index is 1.95. The Morgan fingerprint density at radius 2 is 1.71 bits per heavy atom. The summed E-state index contributed by atoms with van der Waals surface area (Å²) in [7, 11) is 0. The molecule has 1 saturated heterocycles. The number of imide groups is 1. The number of amides is 3. The number of carbonyl (C=O) groups excluding carboxylic acids is 2. The lowest BCUT2D eigenvalue weighted by Gasteiger charge is -2.29. The van der Waals surface area contributed by atoms with E-state index in [2.05, 4.69) is 4.74 Å². The Bertz CT molecular complexity index is 888. The number of alkyl halides is 5. The Morgan fingerprint density at radius 1 is 1.04 bits per heavy atom. The van der Waals surface area contributed by atoms with Crippen LogP contribution in [0.25, 0.3) is 0 Å². The van der Waals surface area contributed by atoms with Crippen LogP contribution in [0, 0.1) is 0 Å². The third-order valence-corrected chi connectivity index (χ3v) is 4.20. The van der Waals surface area contributed by atoms with Crippen molar-refractivity contribution in [3.05, 3.63) is 65.7 Å². The predicted octanol–water partition coefficient (Wildman–Crippen LogP) is 3.80. The average Bonchev–Trinajstić information content (AvgIpc) is 2.88. The topological polar surface area (TPSA) is 58.6 Å². The lowest BCUT2D eigenvalue weighted by atomic mass is 9.89. The fourth-order valence-corrected chi connectivity index (χ4v) is 2.96. The van der Waals surface area contributed by atoms with Crippen molar-refractivity contribution in [2.75, 3.05) is 0 Å². The van der Waals surface area contributed by atoms with Crippen LogP contribution in [0.1, 0.15) is 11.1 Å². The standard InChI is InChI=1S/C18H13F5N2O3/c19-15(20)28-13-8-4-5-11(9-13)10-25-14(26)17(18(21,22)23,24-16(25)27)12-6-2-1-3-7-12/h1-9,15H,10H2,(H,24,27). The molecule has 1 N–H and O–H groups in total. The van der Waals surface area contributed by atoms with Gasteiger partial charge in [-0.3, -0.25) is 9.69 Å². The summed E-state index contributed by atoms with van der Waals surface area (Å²) in [5, 5.41) is 1.75. The van der Waals surface area contributed by atoms with Gasteiger partial charge < -0.3 is 10.1 Å². The monoisotopic (exact) mass is 400 g/mol. The fourth-order valence-electron chi connectivity index (χ4n) is 2.96. The van der Waals surface area contributed by atoms with E-state index < -0.39 is 42.4 Å². The minimum atomic E-state index is -5.10. The lowest BCUT2D eigenvalue weighted by molar-refractivity contribution is -0.198. The minimum Gasteiger partial charge on any atom is -0.435 e. The smallest absolute Gasteiger partial charge is 0.425 e. The summed E-state index contributed by atoms with van der Waals surface area (Å²) in [4.78, 5) is 25.3. The second kappa shape index (κ2) is 7.10. The van der Waals surface area contributed by atoms with E-state index in [4.69, 9.17) is 0 Å². The second-order valence-corrected chi connectivity index (χ2v) is 5.96. The molecule has 0 radical (unpaired) electrons. The van der Waals surface area contributed by atoms with Gasteiger partial charge in [0, 0.05) is 0 Å². The van der Waals surface area contributed by atoms with E-state index in [-0.39, 0.29) is 11.3 Å². The summed E-state index contributed by atoms with van der Waals surface area (Å²) in [6.45, 7) is -3.64. The van der Waals surface area contributed by atoms with Gasteiger partial charge in [0.2, 0.25) is 5.54 Å². The van der Waals surface area contributed by atoms with Gasteiger partial charge in [-0.05, 0) is 23.3 Å². The molecule has 1 aliphatic rings. The van der Waals surface area contributed by atoms with E-state index in [0.717, 1.165) is 18.2 Å². The number of halogens is 5. The van der Waals surface area contributed by atoms with Crippen molar-refractivity contribution in [1.29, 1.82) is 0 Å². The fraction of sp³-hybridized carbons (Fsp3) is 0.222. The highest BCUT2D eigenvalue weighted by molar-refractivity contribution is 6.08. The molecule has 1 atom stereocenters. The van der Waals surface area contributed by atoms with Gasteiger partial charge in [-0.25, -0.2) is 4.79 Å². The van der Waals surface area contributed by atoms with E-state index in [0.29, 0.717) is 4.90 Å². The minimum absolute atomic E-state index is 0.146. The van der Waals surface area contributed by atoms with E-state index in [1.807, 2.05) is 0 Å². The van der Waals surface area contributed by atoms with Crippen LogP contribution in [0.3, 0.4) is 0 Å². The third-order valence-electron chi connectivity index (χ3n) is 4.20. The summed E-state index contributed by atoms with van der Waals surface area (Å²) >= 11 is 0. The SMILES string of the molecule is O=C1NC(c2ccccc2)(C(F)(F)F)C(=O)N1Cc1cccc(OC(F)F)c1. The van der Waals surface area contributed by atoms with E-state index >= 15 is 0 Å². The number of hydrogen-bond acceptors (Lipinski definition) is 3. The molecule has 0 aliphatic carbocycles. The highest BCUT2D eigenvalue weighted by Crippen LogP contribution is 2.43. The van der Waals surface area contributed by atoms with Gasteiger partial charge in [-0.2, -0.15) is 22.0 Å². The van der Waals surface area contributed by atoms with E-state index in [9.17, 15) is 31.5 Å². The maximum absolute atomic E-state index is 13.9. The zero-order chi connectivity index (χ0) is 20.5. The molecule has 0 spiro atoms. The first-order valence-corrected chi connectivity index (χ1v) is 7.95. The summed E-state index contributed by atoms with van der Waals surface area (Å²) in [5.41, 5.74) is -3.51. The largest absolute Gasteiger partial charge is 0.435 e. The zero-order valence-corrected chi connectivity index (χ0v) is 14.0. The predicted molar refractivity (Wildman–Crippen MR) is 86.3 cm³/mol. The van der Waals surface area contributed by atoms with Crippen molar-refractivity contribution < 1.29 is 36.3 Å². The molecular weight excluding hydrogens is 387 g/mol. The Hall–Kier alpha value is -3.17. The van der Waals surface area contributed by atoms with Crippen LogP contribution in [0.4, 0.5) is 26.7 Å². The van der Waals surface area contributed by atoms with Crippen molar-refractivity contribution in [2.24, 2.45) is 0 Å². The summed E-state index contributed by atoms with van der Waals surface area (Å²) in [6.07, 6.45) is -5.10. The Labute approximate surface area is 155 Å². The second-order valence-electron chi connectivity index (χ2n) is 5.96. The molecule has 0 saturated carbocycles. The van der Waals surface area contributed by atoms with Gasteiger partial charge in [0.05, 0.1) is 6.54 Å². The number of nitrogens with zero attached hydrogens (tertiary/aromatic N) is 1. The Morgan fingerprint density at radius 3 is 2.32 bits per heavy atom. The van der Waals surface area contributed by atoms with Crippen molar-refractivity contribution >= 4 is 11.9 Å². The molecule has 148 valence electrons. The maximum Gasteiger partial charge on any atom is 0.425 e. The van der Waals surface area contributed by atoms with Crippen LogP contribution in [0.5, 0.6) is 5.75 Å². The molecule has 28 heavy (non-hydrogen) atoms. The summed E-state index contributed by atoms with van der Waals surface area (Å²) < 4.78 is 70.5. The highest BCUT2D eigenvalue weighted by Gasteiger charge is 2.68. The van der Waals surface area contributed by atoms with Crippen LogP contribution < -0.4 is 10.1 Å². The summed E-state index contributed by atoms with van der Waals surface area (Å²) in [6, 6.07) is 10.1. The van der Waals surface area contributed by atoms with Gasteiger partial charge in [0.25, 0.3) is 5.91 Å². The van der Waals surface area contributed by atoms with Crippen molar-refractivity contribution in [2.45, 2.75) is 24.9 Å². The first kappa shape index (κ1) is 19.6. The molecule has 5 nitrogen and oxygen atoms in total. The normalized spacial score (nSPS) is 19.9. The first-order valence-electron chi connectivity index (χ1n) is 7.95. The van der Waals surface area contributed by atoms with Crippen LogP contribution in [-0.2, 0) is 16.9 Å². The maximum atomic E-state index is 13.9. The van der Waals surface area contributed by atoms with Gasteiger partial charge in [0.15, 0.2) is 0 Å². The molecule has 3 rings (SSSR count). The molecule has 2 aromatic rings. The third kappa shape index (κ3) is 3.37. The van der Waals surface area contributed by atoms with Gasteiger partial charge in [0.1, 0.15) is 5.75 Å². The van der Waals surface area contributed by atoms with Crippen molar-refractivity contribution in [1.82, 2.24) is 10.2 Å². The van der Waals surface area contributed by atoms with Crippen molar-refractivity contribution in [3.8, 4) is 5.75 Å². The number of hydrogen-bond donors (Lipinski definition) is 1. The van der Waals surface area contributed by atoms with Crippen molar-refractivity contribution in [3.63, 3.8) is 0 Å². The molecule has 1 aliphatic heterocycles. The summed E-state index contributed by atoms with van der Waals surface area (Å²) in [5.74, 6) is -1.75. The molecule has 0 bridgehead atoms. The molecule has 1 fully saturated rings. The molecule has 1 unspecified atom stereocenters. The zero-order valence-electron chi connectivity index (χ0n) is 14.0. The van der Waals surface area contributed by atoms with Crippen LogP contribution in [0.2, 0.25) is 0 Å². The molecule has 1 heterocycles. The Kier molecular flexibility index (Phi) is 4.97. The number of benzene rings is 2. The molecule has 0 aromatic heterocycles. The highest BCUT2D eigenvalue weighted by atomic mass is 19.4. The van der Waals surface area contributed by atoms with Gasteiger partial charge in [-0.15, -0.1) is 0 Å². The number of nitrogens with one attached hydrogen (secondary N) is 1.